The minimum Gasteiger partial charge on any atom is -0.468 e. The molecule has 1 atom stereocenters. The zero-order valence-electron chi connectivity index (χ0n) is 8.97. The van der Waals surface area contributed by atoms with Crippen molar-refractivity contribution in [2.24, 2.45) is 4.99 Å². The molecular weight excluding hydrogens is 218 g/mol. The molecule has 1 aromatic rings. The van der Waals surface area contributed by atoms with Crippen LogP contribution in [-0.4, -0.2) is 25.0 Å². The molecule has 1 unspecified atom stereocenters. The van der Waals surface area contributed by atoms with E-state index < -0.39 is 0 Å². The van der Waals surface area contributed by atoms with Gasteiger partial charge in [-0.3, -0.25) is 4.79 Å². The van der Waals surface area contributed by atoms with Crippen molar-refractivity contribution in [2.45, 2.75) is 12.5 Å². The number of nitrogens with zero attached hydrogens (tertiary/aromatic N) is 1. The lowest BCUT2D eigenvalue weighted by Gasteiger charge is -2.11. The predicted molar refractivity (Wildman–Crippen MR) is 60.9 cm³/mol. The van der Waals surface area contributed by atoms with Crippen molar-refractivity contribution < 1.29 is 14.3 Å². The van der Waals surface area contributed by atoms with Crippen molar-refractivity contribution >= 4 is 24.0 Å². The Kier molecular flexibility index (Phi) is 1.64. The number of hydrogen-bond acceptors (Lipinski definition) is 3. The predicted octanol–water partition coefficient (Wildman–Crippen LogP) is -0.0754. The summed E-state index contributed by atoms with van der Waals surface area (Å²) in [5, 5.41) is 2.07. The summed E-state index contributed by atoms with van der Waals surface area (Å²) in [5.74, 6) is 0.727. The van der Waals surface area contributed by atoms with Crippen molar-refractivity contribution in [3.63, 3.8) is 0 Å². The smallest absolute Gasteiger partial charge is 0.277 e. The fourth-order valence-corrected chi connectivity index (χ4v) is 2.51. The molecule has 17 heavy (non-hydrogen) atoms. The van der Waals surface area contributed by atoms with Gasteiger partial charge < -0.3 is 9.47 Å². The van der Waals surface area contributed by atoms with Gasteiger partial charge in [0.25, 0.3) is 5.91 Å². The van der Waals surface area contributed by atoms with Crippen LogP contribution in [0.5, 0.6) is 0 Å². The summed E-state index contributed by atoms with van der Waals surface area (Å²) in [4.78, 5) is 15.3. The van der Waals surface area contributed by atoms with E-state index in [-0.39, 0.29) is 12.0 Å². The van der Waals surface area contributed by atoms with Gasteiger partial charge in [-0.15, -0.1) is 0 Å². The Morgan fingerprint density at radius 1 is 1.35 bits per heavy atom. The van der Waals surface area contributed by atoms with E-state index >= 15 is 0 Å². The summed E-state index contributed by atoms with van der Waals surface area (Å²) in [7, 11) is 0. The summed E-state index contributed by atoms with van der Waals surface area (Å²) < 4.78 is 11.0. The quantitative estimate of drug-likeness (QED) is 0.623. The molecule has 0 radical (unpaired) electrons. The molecule has 0 N–H and O–H groups in total. The van der Waals surface area contributed by atoms with Crippen LogP contribution in [-0.2, 0) is 9.47 Å². The fourth-order valence-electron chi connectivity index (χ4n) is 2.51. The van der Waals surface area contributed by atoms with Gasteiger partial charge in [-0.25, -0.2) is 4.99 Å². The molecule has 0 bridgehead atoms. The largest absolute Gasteiger partial charge is 0.468 e. The molecule has 1 fully saturated rings. The Morgan fingerprint density at radius 3 is 3.24 bits per heavy atom. The van der Waals surface area contributed by atoms with Gasteiger partial charge in [0.2, 0.25) is 0 Å². The molecule has 1 aromatic carbocycles. The monoisotopic (exact) mass is 227 g/mol. The highest BCUT2D eigenvalue weighted by atomic mass is 16.7. The standard InChI is InChI=1S/C13H9NO3/c15-13-10-3-7-1-2-11-12(17-6-16-11)9(7)4-8(10)5-14-13/h1,3-5,11H,2,6H2. The van der Waals surface area contributed by atoms with Gasteiger partial charge in [0, 0.05) is 17.0 Å². The van der Waals surface area contributed by atoms with Gasteiger partial charge in [0.05, 0.1) is 5.56 Å². The van der Waals surface area contributed by atoms with E-state index in [1.54, 1.807) is 6.21 Å². The summed E-state index contributed by atoms with van der Waals surface area (Å²) in [6.07, 6.45) is 4.53. The van der Waals surface area contributed by atoms with Crippen molar-refractivity contribution in [3.8, 4) is 0 Å². The van der Waals surface area contributed by atoms with E-state index in [4.69, 9.17) is 9.47 Å². The fraction of sp³-hybridized carbons (Fsp3) is 0.231. The molecule has 2 aliphatic heterocycles. The third-order valence-corrected chi connectivity index (χ3v) is 3.37. The number of aliphatic imine (C=N–C) groups is 1. The van der Waals surface area contributed by atoms with Crippen LogP contribution in [0.3, 0.4) is 0 Å². The molecule has 84 valence electrons. The number of ether oxygens (including phenoxy) is 2. The third-order valence-electron chi connectivity index (χ3n) is 3.37. The van der Waals surface area contributed by atoms with E-state index in [1.807, 2.05) is 12.1 Å². The average molecular weight is 227 g/mol. The van der Waals surface area contributed by atoms with E-state index in [2.05, 4.69) is 11.1 Å². The molecule has 0 aromatic heterocycles. The third kappa shape index (κ3) is 1.16. The van der Waals surface area contributed by atoms with E-state index in [9.17, 15) is 4.79 Å². The molecule has 4 nitrogen and oxygen atoms in total. The maximum atomic E-state index is 11.5. The molecular formula is C13H9NO3. The number of fused-ring (bicyclic) bond motifs is 3. The first-order valence-electron chi connectivity index (χ1n) is 5.54. The summed E-state index contributed by atoms with van der Waals surface area (Å²) >= 11 is 0. The summed E-state index contributed by atoms with van der Waals surface area (Å²) in [6, 6.07) is 3.86. The van der Waals surface area contributed by atoms with Crippen LogP contribution >= 0.6 is 0 Å². The van der Waals surface area contributed by atoms with Crippen LogP contribution in [0.1, 0.15) is 22.3 Å². The zero-order valence-corrected chi connectivity index (χ0v) is 8.97. The second-order valence-corrected chi connectivity index (χ2v) is 4.31. The molecule has 2 heterocycles. The normalized spacial score (nSPS) is 23.9. The van der Waals surface area contributed by atoms with Crippen molar-refractivity contribution in [2.75, 3.05) is 6.79 Å². The number of rotatable bonds is 0. The molecule has 0 saturated carbocycles. The summed E-state index contributed by atoms with van der Waals surface area (Å²) in [5.41, 5.74) is 1.55. The molecule has 4 rings (SSSR count). The first kappa shape index (κ1) is 9.13. The Bertz CT molecular complexity index is 687. The van der Waals surface area contributed by atoms with Gasteiger partial charge in [0.1, 0.15) is 11.9 Å². The first-order valence-corrected chi connectivity index (χ1v) is 5.54. The van der Waals surface area contributed by atoms with E-state index in [0.29, 0.717) is 12.4 Å². The van der Waals surface area contributed by atoms with Gasteiger partial charge in [0.15, 0.2) is 6.79 Å². The van der Waals surface area contributed by atoms with Gasteiger partial charge in [-0.1, -0.05) is 6.08 Å². The van der Waals surface area contributed by atoms with Gasteiger partial charge in [-0.05, 0) is 23.8 Å². The molecule has 1 amide bonds. The minimum absolute atomic E-state index is 0.0367. The van der Waals surface area contributed by atoms with Gasteiger partial charge in [-0.2, -0.15) is 0 Å². The molecule has 1 aliphatic carbocycles. The van der Waals surface area contributed by atoms with Crippen LogP contribution < -0.4 is 10.4 Å². The zero-order chi connectivity index (χ0) is 11.4. The van der Waals surface area contributed by atoms with Crippen molar-refractivity contribution in [3.05, 3.63) is 33.7 Å². The Balaban J connectivity index is 2.09. The average Bonchev–Trinajstić information content (AvgIpc) is 2.94. The number of carbonyl (C=O) groups is 1. The molecule has 1 saturated heterocycles. The number of carbonyl (C=O) groups excluding carboxylic acids is 1. The van der Waals surface area contributed by atoms with Crippen molar-refractivity contribution in [1.82, 2.24) is 0 Å². The highest BCUT2D eigenvalue weighted by Gasteiger charge is 2.27. The lowest BCUT2D eigenvalue weighted by Crippen LogP contribution is -2.35. The van der Waals surface area contributed by atoms with E-state index in [0.717, 1.165) is 28.2 Å². The van der Waals surface area contributed by atoms with Crippen LogP contribution in [0.15, 0.2) is 17.1 Å². The highest BCUT2D eigenvalue weighted by Crippen LogP contribution is 2.22. The second-order valence-electron chi connectivity index (χ2n) is 4.31. The number of amides is 1. The van der Waals surface area contributed by atoms with Gasteiger partial charge >= 0.3 is 0 Å². The summed E-state index contributed by atoms with van der Waals surface area (Å²) in [6.45, 7) is 0.317. The Morgan fingerprint density at radius 2 is 2.29 bits per heavy atom. The van der Waals surface area contributed by atoms with Crippen LogP contribution in [0.25, 0.3) is 11.8 Å². The second kappa shape index (κ2) is 3.05. The van der Waals surface area contributed by atoms with E-state index in [1.165, 1.54) is 0 Å². The van der Waals surface area contributed by atoms with Crippen LogP contribution in [0, 0.1) is 0 Å². The highest BCUT2D eigenvalue weighted by molar-refractivity contribution is 6.12. The van der Waals surface area contributed by atoms with Crippen molar-refractivity contribution in [1.29, 1.82) is 0 Å². The SMILES string of the molecule is O=C1N=Cc2cc3c(cc21)=CCC1OCOC=31. The number of hydrogen-bond donors (Lipinski definition) is 0. The minimum atomic E-state index is -0.160. The first-order chi connectivity index (χ1) is 8.33. The van der Waals surface area contributed by atoms with Crippen LogP contribution in [0.4, 0.5) is 0 Å². The molecule has 3 aliphatic rings. The lowest BCUT2D eigenvalue weighted by atomic mass is 9.99. The number of benzene rings is 1. The maximum Gasteiger partial charge on any atom is 0.277 e. The molecule has 0 spiro atoms. The maximum absolute atomic E-state index is 11.5. The lowest BCUT2D eigenvalue weighted by molar-refractivity contribution is 0.0534. The van der Waals surface area contributed by atoms with Crippen LogP contribution in [0.2, 0.25) is 0 Å². The Labute approximate surface area is 96.9 Å². The topological polar surface area (TPSA) is 47.9 Å². The Hall–Kier alpha value is -1.94. The molecule has 4 heteroatoms.